The first-order valence-corrected chi connectivity index (χ1v) is 10.4. The molecule has 7 nitrogen and oxygen atoms in total. The molecule has 1 aliphatic heterocycles. The fourth-order valence-corrected chi connectivity index (χ4v) is 4.46. The van der Waals surface area contributed by atoms with Gasteiger partial charge in [-0.15, -0.1) is 5.10 Å². The van der Waals surface area contributed by atoms with Gasteiger partial charge in [0.25, 0.3) is 5.56 Å². The van der Waals surface area contributed by atoms with Crippen LogP contribution in [-0.2, 0) is 11.2 Å². The number of fused-ring (bicyclic) bond motifs is 1. The van der Waals surface area contributed by atoms with Gasteiger partial charge in [-0.2, -0.15) is 4.52 Å². The highest BCUT2D eigenvalue weighted by molar-refractivity contribution is 7.20. The highest BCUT2D eigenvalue weighted by atomic mass is 32.1. The third-order valence-corrected chi connectivity index (χ3v) is 6.02. The van der Waals surface area contributed by atoms with Crippen LogP contribution in [0.5, 0.6) is 0 Å². The summed E-state index contributed by atoms with van der Waals surface area (Å²) >= 11 is 1.39. The van der Waals surface area contributed by atoms with Gasteiger partial charge in [0.1, 0.15) is 0 Å². The first kappa shape index (κ1) is 18.6. The molecule has 0 aliphatic carbocycles. The highest BCUT2D eigenvalue weighted by Crippen LogP contribution is 2.27. The van der Waals surface area contributed by atoms with Crippen molar-refractivity contribution >= 4 is 33.0 Å². The van der Waals surface area contributed by atoms with Crippen LogP contribution in [-0.4, -0.2) is 33.6 Å². The lowest BCUT2D eigenvalue weighted by Crippen LogP contribution is -2.40. The summed E-state index contributed by atoms with van der Waals surface area (Å²) in [5, 5.41) is 8.19. The molecule has 8 heteroatoms. The maximum Gasteiger partial charge on any atom is 0.275 e. The third kappa shape index (κ3) is 3.77. The summed E-state index contributed by atoms with van der Waals surface area (Å²) in [6.07, 6.45) is 2.73. The van der Waals surface area contributed by atoms with Gasteiger partial charge in [-0.25, -0.2) is 4.98 Å². The van der Waals surface area contributed by atoms with E-state index in [1.165, 1.54) is 27.5 Å². The fraction of sp³-hybridized carbons (Fsp3) is 0.400. The smallest absolute Gasteiger partial charge is 0.275 e. The maximum absolute atomic E-state index is 12.7. The first-order chi connectivity index (χ1) is 13.5. The molecule has 1 fully saturated rings. The van der Waals surface area contributed by atoms with Crippen molar-refractivity contribution in [3.05, 3.63) is 51.9 Å². The Balaban J connectivity index is 1.48. The van der Waals surface area contributed by atoms with Gasteiger partial charge in [-0.05, 0) is 43.9 Å². The monoisotopic (exact) mass is 397 g/mol. The summed E-state index contributed by atoms with van der Waals surface area (Å²) in [6.45, 7) is 5.32. The molecule has 28 heavy (non-hydrogen) atoms. The summed E-state index contributed by atoms with van der Waals surface area (Å²) in [5.41, 5.74) is 2.58. The number of aromatic nitrogens is 3. The van der Waals surface area contributed by atoms with E-state index in [-0.39, 0.29) is 17.4 Å². The predicted molar refractivity (Wildman–Crippen MR) is 111 cm³/mol. The number of anilines is 2. The van der Waals surface area contributed by atoms with Gasteiger partial charge < -0.3 is 10.2 Å². The number of piperidine rings is 1. The lowest BCUT2D eigenvalue weighted by atomic mass is 9.97. The van der Waals surface area contributed by atoms with E-state index in [9.17, 15) is 9.59 Å². The lowest BCUT2D eigenvalue weighted by molar-refractivity contribution is -0.120. The van der Waals surface area contributed by atoms with E-state index in [1.54, 1.807) is 6.92 Å². The minimum Gasteiger partial charge on any atom is -0.346 e. The zero-order valence-corrected chi connectivity index (χ0v) is 16.8. The van der Waals surface area contributed by atoms with Crippen molar-refractivity contribution in [1.82, 2.24) is 14.6 Å². The van der Waals surface area contributed by atoms with Crippen LogP contribution < -0.4 is 15.8 Å². The van der Waals surface area contributed by atoms with Crippen LogP contribution in [0.15, 0.2) is 35.1 Å². The fourth-order valence-electron chi connectivity index (χ4n) is 3.47. The second-order valence-electron chi connectivity index (χ2n) is 7.14. The number of nitrogens with zero attached hydrogens (tertiary/aromatic N) is 4. The highest BCUT2D eigenvalue weighted by Gasteiger charge is 2.28. The van der Waals surface area contributed by atoms with E-state index in [0.717, 1.165) is 36.6 Å². The molecule has 3 heterocycles. The van der Waals surface area contributed by atoms with E-state index < -0.39 is 0 Å². The van der Waals surface area contributed by atoms with Crippen LogP contribution in [0.1, 0.15) is 31.0 Å². The number of hydrogen-bond acceptors (Lipinski definition) is 6. The molecule has 0 bridgehead atoms. The Morgan fingerprint density at radius 1 is 1.32 bits per heavy atom. The zero-order chi connectivity index (χ0) is 19.7. The molecule has 1 saturated heterocycles. The number of aryl methyl sites for hydroxylation is 2. The standard InChI is InChI=1S/C20H23N5O2S/c1-3-14-6-8-16(9-7-14)22-18(27)15-5-4-10-24(12-15)20-23-25-17(26)11-13(2)21-19(25)28-20/h6-9,11,15H,3-5,10,12H2,1-2H3,(H,22,27). The van der Waals surface area contributed by atoms with E-state index in [1.807, 2.05) is 24.3 Å². The molecule has 1 aromatic carbocycles. The average Bonchev–Trinajstić information content (AvgIpc) is 3.13. The molecule has 2 aromatic heterocycles. The largest absolute Gasteiger partial charge is 0.346 e. The van der Waals surface area contributed by atoms with Gasteiger partial charge in [0.2, 0.25) is 16.0 Å². The van der Waals surface area contributed by atoms with Gasteiger partial charge in [0, 0.05) is 30.5 Å². The summed E-state index contributed by atoms with van der Waals surface area (Å²) in [4.78, 5) is 31.9. The molecule has 146 valence electrons. The summed E-state index contributed by atoms with van der Waals surface area (Å²) in [5.74, 6) is -0.0840. The van der Waals surface area contributed by atoms with Crippen molar-refractivity contribution in [2.24, 2.45) is 5.92 Å². The molecule has 4 rings (SSSR count). The topological polar surface area (TPSA) is 79.6 Å². The minimum absolute atomic E-state index is 0.0289. The minimum atomic E-state index is -0.174. The Hall–Kier alpha value is -2.74. The lowest BCUT2D eigenvalue weighted by Gasteiger charge is -2.31. The van der Waals surface area contributed by atoms with Gasteiger partial charge in [0.05, 0.1) is 5.92 Å². The number of carbonyl (C=O) groups is 1. The number of hydrogen-bond donors (Lipinski definition) is 1. The Labute approximate surface area is 167 Å². The zero-order valence-electron chi connectivity index (χ0n) is 16.0. The normalized spacial score (nSPS) is 17.1. The van der Waals surface area contributed by atoms with Gasteiger partial charge in [-0.1, -0.05) is 30.4 Å². The third-order valence-electron chi connectivity index (χ3n) is 5.05. The van der Waals surface area contributed by atoms with Crippen LogP contribution in [0.2, 0.25) is 0 Å². The SMILES string of the molecule is CCc1ccc(NC(=O)C2CCCN(c3nn4c(=O)cc(C)nc4s3)C2)cc1. The first-order valence-electron chi connectivity index (χ1n) is 9.56. The number of carbonyl (C=O) groups excluding carboxylic acids is 1. The van der Waals surface area contributed by atoms with E-state index in [2.05, 4.69) is 27.2 Å². The number of amides is 1. The van der Waals surface area contributed by atoms with Gasteiger partial charge >= 0.3 is 0 Å². The molecule has 1 aliphatic rings. The van der Waals surface area contributed by atoms with E-state index in [4.69, 9.17) is 0 Å². The maximum atomic E-state index is 12.7. The van der Waals surface area contributed by atoms with Crippen molar-refractivity contribution in [3.63, 3.8) is 0 Å². The Morgan fingerprint density at radius 2 is 2.11 bits per heavy atom. The molecule has 0 radical (unpaired) electrons. The Kier molecular flexibility index (Phi) is 5.13. The molecule has 0 spiro atoms. The van der Waals surface area contributed by atoms with Crippen LogP contribution in [0.25, 0.3) is 4.96 Å². The van der Waals surface area contributed by atoms with Crippen LogP contribution >= 0.6 is 11.3 Å². The van der Waals surface area contributed by atoms with E-state index in [0.29, 0.717) is 17.2 Å². The molecule has 1 atom stereocenters. The predicted octanol–water partition coefficient (Wildman–Crippen LogP) is 2.88. The molecule has 0 saturated carbocycles. The summed E-state index contributed by atoms with van der Waals surface area (Å²) in [6, 6.07) is 9.45. The van der Waals surface area contributed by atoms with Crippen LogP contribution in [0.3, 0.4) is 0 Å². The average molecular weight is 398 g/mol. The quantitative estimate of drug-likeness (QED) is 0.732. The summed E-state index contributed by atoms with van der Waals surface area (Å²) < 4.78 is 1.34. The van der Waals surface area contributed by atoms with E-state index >= 15 is 0 Å². The van der Waals surface area contributed by atoms with Crippen LogP contribution in [0, 0.1) is 12.8 Å². The molecular formula is C20H23N5O2S. The van der Waals surface area contributed by atoms with Gasteiger partial charge in [-0.3, -0.25) is 9.59 Å². The molecule has 1 N–H and O–H groups in total. The van der Waals surface area contributed by atoms with Crippen LogP contribution in [0.4, 0.5) is 10.8 Å². The van der Waals surface area contributed by atoms with Crippen molar-refractivity contribution in [1.29, 1.82) is 0 Å². The summed E-state index contributed by atoms with van der Waals surface area (Å²) in [7, 11) is 0. The molecular weight excluding hydrogens is 374 g/mol. The molecule has 1 amide bonds. The number of nitrogens with one attached hydrogen (secondary N) is 1. The Morgan fingerprint density at radius 3 is 2.86 bits per heavy atom. The van der Waals surface area contributed by atoms with Crippen molar-refractivity contribution in [2.45, 2.75) is 33.1 Å². The van der Waals surface area contributed by atoms with Crippen molar-refractivity contribution in [3.8, 4) is 0 Å². The molecule has 3 aromatic rings. The van der Waals surface area contributed by atoms with Crippen molar-refractivity contribution in [2.75, 3.05) is 23.3 Å². The number of rotatable bonds is 4. The Bertz CT molecular complexity index is 1060. The molecule has 1 unspecified atom stereocenters. The second kappa shape index (κ2) is 7.71. The second-order valence-corrected chi connectivity index (χ2v) is 8.07. The van der Waals surface area contributed by atoms with Crippen molar-refractivity contribution < 1.29 is 4.79 Å². The number of benzene rings is 1. The van der Waals surface area contributed by atoms with Gasteiger partial charge in [0.15, 0.2) is 0 Å².